The van der Waals surface area contributed by atoms with Gasteiger partial charge in [0.1, 0.15) is 0 Å². The Labute approximate surface area is 110 Å². The third kappa shape index (κ3) is 2.16. The fourth-order valence-corrected chi connectivity index (χ4v) is 2.74. The maximum atomic E-state index is 12.5. The van der Waals surface area contributed by atoms with Crippen LogP contribution in [0.5, 0.6) is 0 Å². The van der Waals surface area contributed by atoms with E-state index in [1.807, 2.05) is 17.0 Å². The number of carbonyl (C=O) groups is 1. The minimum Gasteiger partial charge on any atom is -0.336 e. The highest BCUT2D eigenvalue weighted by atomic mass is 16.2. The van der Waals surface area contributed by atoms with Gasteiger partial charge in [0.2, 0.25) is 0 Å². The Hall–Kier alpha value is -1.31. The lowest BCUT2D eigenvalue weighted by atomic mass is 9.80. The van der Waals surface area contributed by atoms with Gasteiger partial charge >= 0.3 is 0 Å². The third-order valence-corrected chi connectivity index (χ3v) is 3.70. The second-order valence-electron chi connectivity index (χ2n) is 6.42. The van der Waals surface area contributed by atoms with Gasteiger partial charge in [0.25, 0.3) is 5.91 Å². The molecule has 0 saturated heterocycles. The molecule has 98 valence electrons. The Bertz CT molecular complexity index is 468. The van der Waals surface area contributed by atoms with Gasteiger partial charge in [0.15, 0.2) is 0 Å². The zero-order chi connectivity index (χ0) is 13.5. The molecule has 0 N–H and O–H groups in total. The van der Waals surface area contributed by atoms with E-state index >= 15 is 0 Å². The van der Waals surface area contributed by atoms with E-state index in [9.17, 15) is 4.79 Å². The van der Waals surface area contributed by atoms with Gasteiger partial charge in [-0.3, -0.25) is 4.79 Å². The molecule has 0 radical (unpaired) electrons. The van der Waals surface area contributed by atoms with E-state index in [1.54, 1.807) is 0 Å². The molecule has 2 rings (SSSR count). The zero-order valence-electron chi connectivity index (χ0n) is 12.1. The summed E-state index contributed by atoms with van der Waals surface area (Å²) in [5.41, 5.74) is 3.58. The first-order valence-electron chi connectivity index (χ1n) is 6.75. The number of fused-ring (bicyclic) bond motifs is 1. The molecule has 1 aliphatic heterocycles. The molecule has 2 nitrogen and oxygen atoms in total. The molecule has 2 heteroatoms. The van der Waals surface area contributed by atoms with Crippen molar-refractivity contribution >= 4 is 5.91 Å². The number of nitrogens with zero attached hydrogens (tertiary/aromatic N) is 1. The van der Waals surface area contributed by atoms with Crippen molar-refractivity contribution in [1.29, 1.82) is 0 Å². The van der Waals surface area contributed by atoms with Crippen LogP contribution in [0.2, 0.25) is 0 Å². The van der Waals surface area contributed by atoms with Crippen LogP contribution in [-0.4, -0.2) is 23.4 Å². The summed E-state index contributed by atoms with van der Waals surface area (Å²) < 4.78 is 0. The van der Waals surface area contributed by atoms with Crippen LogP contribution in [0.3, 0.4) is 0 Å². The van der Waals surface area contributed by atoms with Crippen LogP contribution < -0.4 is 0 Å². The predicted molar refractivity (Wildman–Crippen MR) is 75.0 cm³/mol. The van der Waals surface area contributed by atoms with Gasteiger partial charge in [-0.1, -0.05) is 32.9 Å². The van der Waals surface area contributed by atoms with Crippen LogP contribution in [0.1, 0.15) is 56.1 Å². The maximum absolute atomic E-state index is 12.5. The smallest absolute Gasteiger partial charge is 0.254 e. The van der Waals surface area contributed by atoms with Crippen molar-refractivity contribution in [2.45, 2.75) is 52.5 Å². The second-order valence-corrected chi connectivity index (χ2v) is 6.42. The summed E-state index contributed by atoms with van der Waals surface area (Å²) in [6, 6.07) is 6.43. The second kappa shape index (κ2) is 4.42. The first-order chi connectivity index (χ1) is 8.32. The molecule has 0 fully saturated rings. The molecular weight excluding hydrogens is 222 g/mol. The van der Waals surface area contributed by atoms with E-state index in [2.05, 4.69) is 40.7 Å². The molecule has 0 saturated carbocycles. The van der Waals surface area contributed by atoms with Crippen molar-refractivity contribution in [1.82, 2.24) is 4.90 Å². The summed E-state index contributed by atoms with van der Waals surface area (Å²) in [5.74, 6) is 0.192. The molecule has 0 atom stereocenters. The van der Waals surface area contributed by atoms with Crippen molar-refractivity contribution in [3.63, 3.8) is 0 Å². The van der Waals surface area contributed by atoms with Gasteiger partial charge in [-0.05, 0) is 42.9 Å². The van der Waals surface area contributed by atoms with Crippen molar-refractivity contribution < 1.29 is 4.79 Å². The van der Waals surface area contributed by atoms with E-state index < -0.39 is 0 Å². The monoisotopic (exact) mass is 245 g/mol. The number of benzene rings is 1. The van der Waals surface area contributed by atoms with Crippen molar-refractivity contribution in [3.8, 4) is 0 Å². The SMILES string of the molecule is CC(C)N1CCc2c(cccc2C(C)(C)C)C1=O. The minimum absolute atomic E-state index is 0.103. The van der Waals surface area contributed by atoms with Crippen LogP contribution in [0.25, 0.3) is 0 Å². The number of carbonyl (C=O) groups excluding carboxylic acids is 1. The van der Waals surface area contributed by atoms with Gasteiger partial charge in [-0.25, -0.2) is 0 Å². The van der Waals surface area contributed by atoms with Gasteiger partial charge in [-0.15, -0.1) is 0 Å². The largest absolute Gasteiger partial charge is 0.336 e. The summed E-state index contributed by atoms with van der Waals surface area (Å²) in [7, 11) is 0. The lowest BCUT2D eigenvalue weighted by Gasteiger charge is -2.34. The molecule has 0 aromatic heterocycles. The molecule has 0 spiro atoms. The average molecular weight is 245 g/mol. The zero-order valence-corrected chi connectivity index (χ0v) is 12.1. The van der Waals surface area contributed by atoms with Crippen molar-refractivity contribution in [2.24, 2.45) is 0 Å². The Kier molecular flexibility index (Phi) is 3.22. The highest BCUT2D eigenvalue weighted by Gasteiger charge is 2.29. The summed E-state index contributed by atoms with van der Waals surface area (Å²) in [6.07, 6.45) is 0.979. The molecule has 1 aliphatic rings. The fourth-order valence-electron chi connectivity index (χ4n) is 2.74. The summed E-state index contributed by atoms with van der Waals surface area (Å²) >= 11 is 0. The van der Waals surface area contributed by atoms with Gasteiger partial charge in [0, 0.05) is 18.2 Å². The molecule has 1 aromatic rings. The van der Waals surface area contributed by atoms with E-state index in [0.29, 0.717) is 0 Å². The minimum atomic E-state index is 0.103. The Morgan fingerprint density at radius 1 is 1.22 bits per heavy atom. The topological polar surface area (TPSA) is 20.3 Å². The van der Waals surface area contributed by atoms with E-state index in [1.165, 1.54) is 11.1 Å². The van der Waals surface area contributed by atoms with Crippen LogP contribution in [0, 0.1) is 0 Å². The summed E-state index contributed by atoms with van der Waals surface area (Å²) in [5, 5.41) is 0. The number of hydrogen-bond acceptors (Lipinski definition) is 1. The van der Waals surface area contributed by atoms with Gasteiger partial charge in [0.05, 0.1) is 0 Å². The summed E-state index contributed by atoms with van der Waals surface area (Å²) in [6.45, 7) is 11.6. The average Bonchev–Trinajstić information content (AvgIpc) is 2.27. The Balaban J connectivity index is 2.49. The molecule has 1 heterocycles. The van der Waals surface area contributed by atoms with E-state index in [0.717, 1.165) is 18.5 Å². The first kappa shape index (κ1) is 13.1. The molecule has 0 aliphatic carbocycles. The standard InChI is InChI=1S/C16H23NO/c1-11(2)17-10-9-12-13(15(17)18)7-6-8-14(12)16(3,4)5/h6-8,11H,9-10H2,1-5H3. The Morgan fingerprint density at radius 3 is 2.44 bits per heavy atom. The van der Waals surface area contributed by atoms with E-state index in [4.69, 9.17) is 0 Å². The van der Waals surface area contributed by atoms with Gasteiger partial charge < -0.3 is 4.90 Å². The molecule has 0 bridgehead atoms. The number of rotatable bonds is 1. The van der Waals surface area contributed by atoms with E-state index in [-0.39, 0.29) is 17.4 Å². The van der Waals surface area contributed by atoms with Crippen LogP contribution >= 0.6 is 0 Å². The van der Waals surface area contributed by atoms with Crippen molar-refractivity contribution in [2.75, 3.05) is 6.54 Å². The lowest BCUT2D eigenvalue weighted by Crippen LogP contribution is -2.42. The molecular formula is C16H23NO. The van der Waals surface area contributed by atoms with Gasteiger partial charge in [-0.2, -0.15) is 0 Å². The van der Waals surface area contributed by atoms with Crippen LogP contribution in [0.15, 0.2) is 18.2 Å². The highest BCUT2D eigenvalue weighted by molar-refractivity contribution is 5.97. The molecule has 0 unspecified atom stereocenters. The maximum Gasteiger partial charge on any atom is 0.254 e. The number of hydrogen-bond donors (Lipinski definition) is 0. The quantitative estimate of drug-likeness (QED) is 0.742. The number of amides is 1. The molecule has 18 heavy (non-hydrogen) atoms. The highest BCUT2D eigenvalue weighted by Crippen LogP contribution is 2.31. The predicted octanol–water partition coefficient (Wildman–Crippen LogP) is 3.39. The normalized spacial score (nSPS) is 16.1. The Morgan fingerprint density at radius 2 is 1.89 bits per heavy atom. The van der Waals surface area contributed by atoms with Crippen LogP contribution in [-0.2, 0) is 11.8 Å². The third-order valence-electron chi connectivity index (χ3n) is 3.70. The molecule has 1 amide bonds. The fraction of sp³-hybridized carbons (Fsp3) is 0.562. The summed E-state index contributed by atoms with van der Waals surface area (Å²) in [4.78, 5) is 14.4. The first-order valence-corrected chi connectivity index (χ1v) is 6.75. The van der Waals surface area contributed by atoms with Crippen molar-refractivity contribution in [3.05, 3.63) is 34.9 Å². The molecule has 1 aromatic carbocycles. The lowest BCUT2D eigenvalue weighted by molar-refractivity contribution is 0.0688. The van der Waals surface area contributed by atoms with Crippen LogP contribution in [0.4, 0.5) is 0 Å².